The summed E-state index contributed by atoms with van der Waals surface area (Å²) >= 11 is 6.26. The molecule has 0 saturated heterocycles. The van der Waals surface area contributed by atoms with Crippen LogP contribution in [0.5, 0.6) is 0 Å². The van der Waals surface area contributed by atoms with Gasteiger partial charge in [-0.05, 0) is 36.2 Å². The van der Waals surface area contributed by atoms with Crippen molar-refractivity contribution in [2.75, 3.05) is 13.1 Å². The number of rotatable bonds is 7. The number of imidazole rings is 1. The van der Waals surface area contributed by atoms with Gasteiger partial charge in [-0.3, -0.25) is 4.57 Å². The van der Waals surface area contributed by atoms with Crippen LogP contribution in [-0.4, -0.2) is 33.6 Å². The summed E-state index contributed by atoms with van der Waals surface area (Å²) in [6.45, 7) is 7.94. The van der Waals surface area contributed by atoms with Crippen molar-refractivity contribution in [2.45, 2.75) is 32.7 Å². The Labute approximate surface area is 181 Å². The SMILES string of the molecule is CCNC(=NCc1ccc(-n2ccnc2)nc1)NCC(C)(C)c1ccc(F)cc1Cl. The van der Waals surface area contributed by atoms with Crippen LogP contribution >= 0.6 is 11.6 Å². The summed E-state index contributed by atoms with van der Waals surface area (Å²) in [6, 6.07) is 8.45. The summed E-state index contributed by atoms with van der Waals surface area (Å²) < 4.78 is 15.2. The first-order valence-electron chi connectivity index (χ1n) is 9.80. The molecule has 2 aromatic heterocycles. The lowest BCUT2D eigenvalue weighted by molar-refractivity contribution is 0.507. The summed E-state index contributed by atoms with van der Waals surface area (Å²) in [6.07, 6.45) is 7.09. The fourth-order valence-electron chi connectivity index (χ4n) is 3.01. The van der Waals surface area contributed by atoms with Crippen LogP contribution in [0.15, 0.2) is 60.2 Å². The maximum Gasteiger partial charge on any atom is 0.191 e. The van der Waals surface area contributed by atoms with Gasteiger partial charge < -0.3 is 10.6 Å². The fraction of sp³-hybridized carbons (Fsp3) is 0.318. The molecule has 0 atom stereocenters. The summed E-state index contributed by atoms with van der Waals surface area (Å²) in [5.74, 6) is 1.17. The number of hydrogen-bond donors (Lipinski definition) is 2. The molecular formula is C22H26ClFN6. The number of guanidine groups is 1. The monoisotopic (exact) mass is 428 g/mol. The molecule has 8 heteroatoms. The highest BCUT2D eigenvalue weighted by Gasteiger charge is 2.24. The van der Waals surface area contributed by atoms with Crippen LogP contribution in [0.1, 0.15) is 31.9 Å². The van der Waals surface area contributed by atoms with Gasteiger partial charge in [0, 0.05) is 42.1 Å². The van der Waals surface area contributed by atoms with E-state index < -0.39 is 0 Å². The molecule has 0 spiro atoms. The maximum absolute atomic E-state index is 13.4. The van der Waals surface area contributed by atoms with E-state index in [-0.39, 0.29) is 11.2 Å². The zero-order valence-corrected chi connectivity index (χ0v) is 18.1. The molecule has 1 aromatic carbocycles. The van der Waals surface area contributed by atoms with Crippen LogP contribution in [0.4, 0.5) is 4.39 Å². The molecule has 30 heavy (non-hydrogen) atoms. The smallest absolute Gasteiger partial charge is 0.191 e. The Kier molecular flexibility index (Phi) is 7.05. The quantitative estimate of drug-likeness (QED) is 0.439. The second-order valence-electron chi connectivity index (χ2n) is 7.55. The van der Waals surface area contributed by atoms with Crippen molar-refractivity contribution in [2.24, 2.45) is 4.99 Å². The van der Waals surface area contributed by atoms with E-state index in [1.54, 1.807) is 18.6 Å². The summed E-state index contributed by atoms with van der Waals surface area (Å²) in [7, 11) is 0. The second-order valence-corrected chi connectivity index (χ2v) is 7.96. The molecule has 0 saturated carbocycles. The zero-order valence-electron chi connectivity index (χ0n) is 17.4. The summed E-state index contributed by atoms with van der Waals surface area (Å²) in [4.78, 5) is 13.1. The molecule has 3 aromatic rings. The van der Waals surface area contributed by atoms with Crippen LogP contribution < -0.4 is 10.6 Å². The molecule has 0 aliphatic heterocycles. The fourth-order valence-corrected chi connectivity index (χ4v) is 3.43. The minimum absolute atomic E-state index is 0.311. The van der Waals surface area contributed by atoms with Gasteiger partial charge in [-0.1, -0.05) is 37.6 Å². The molecule has 6 nitrogen and oxygen atoms in total. The third-order valence-electron chi connectivity index (χ3n) is 4.70. The normalized spacial score (nSPS) is 12.1. The van der Waals surface area contributed by atoms with E-state index in [1.807, 2.05) is 36.0 Å². The Morgan fingerprint density at radius 3 is 2.70 bits per heavy atom. The van der Waals surface area contributed by atoms with Crippen molar-refractivity contribution >= 4 is 17.6 Å². The standard InChI is InChI=1S/C22H26ClFN6/c1-4-26-21(29-14-22(2,3)18-7-6-17(24)11-19(18)23)28-13-16-5-8-20(27-12-16)30-10-9-25-15-30/h5-12,15H,4,13-14H2,1-3H3,(H2,26,28,29). The van der Waals surface area contributed by atoms with Crippen molar-refractivity contribution in [3.05, 3.63) is 77.2 Å². The van der Waals surface area contributed by atoms with Crippen molar-refractivity contribution < 1.29 is 4.39 Å². The van der Waals surface area contributed by atoms with Crippen LogP contribution in [0, 0.1) is 5.82 Å². The summed E-state index contributed by atoms with van der Waals surface area (Å²) in [5.41, 5.74) is 1.57. The topological polar surface area (TPSA) is 67.1 Å². The molecule has 0 fully saturated rings. The first-order chi connectivity index (χ1) is 14.4. The number of halogens is 2. The van der Waals surface area contributed by atoms with Gasteiger partial charge in [-0.15, -0.1) is 0 Å². The maximum atomic E-state index is 13.4. The number of benzene rings is 1. The molecule has 0 amide bonds. The third-order valence-corrected chi connectivity index (χ3v) is 5.01. The average Bonchev–Trinajstić information content (AvgIpc) is 3.25. The van der Waals surface area contributed by atoms with Crippen molar-refractivity contribution in [1.29, 1.82) is 0 Å². The van der Waals surface area contributed by atoms with E-state index in [1.165, 1.54) is 12.1 Å². The lowest BCUT2D eigenvalue weighted by Crippen LogP contribution is -2.43. The predicted molar refractivity (Wildman–Crippen MR) is 119 cm³/mol. The van der Waals surface area contributed by atoms with Gasteiger partial charge in [-0.25, -0.2) is 19.4 Å². The van der Waals surface area contributed by atoms with Crippen molar-refractivity contribution in [3.8, 4) is 5.82 Å². The highest BCUT2D eigenvalue weighted by molar-refractivity contribution is 6.31. The highest BCUT2D eigenvalue weighted by atomic mass is 35.5. The molecule has 2 heterocycles. The summed E-state index contributed by atoms with van der Waals surface area (Å²) in [5, 5.41) is 7.03. The molecule has 158 valence electrons. The van der Waals surface area contributed by atoms with Crippen molar-refractivity contribution in [1.82, 2.24) is 25.2 Å². The number of pyridine rings is 1. The highest BCUT2D eigenvalue weighted by Crippen LogP contribution is 2.29. The molecule has 0 bridgehead atoms. The van der Waals surface area contributed by atoms with E-state index in [2.05, 4.69) is 39.4 Å². The second kappa shape index (κ2) is 9.71. The van der Waals surface area contributed by atoms with Crippen LogP contribution in [0.25, 0.3) is 5.82 Å². The number of nitrogens with zero attached hydrogens (tertiary/aromatic N) is 4. The van der Waals surface area contributed by atoms with Gasteiger partial charge in [0.2, 0.25) is 0 Å². The minimum atomic E-state index is -0.338. The van der Waals surface area contributed by atoms with Gasteiger partial charge in [0.15, 0.2) is 5.96 Å². The number of aliphatic imine (C=N–C) groups is 1. The Morgan fingerprint density at radius 2 is 2.07 bits per heavy atom. The largest absolute Gasteiger partial charge is 0.357 e. The Hall–Kier alpha value is -2.93. The van der Waals surface area contributed by atoms with Gasteiger partial charge in [-0.2, -0.15) is 0 Å². The van der Waals surface area contributed by atoms with Gasteiger partial charge in [0.1, 0.15) is 18.0 Å². The molecule has 0 aliphatic carbocycles. The lowest BCUT2D eigenvalue weighted by Gasteiger charge is -2.27. The third kappa shape index (κ3) is 5.57. The van der Waals surface area contributed by atoms with E-state index in [0.717, 1.165) is 23.5 Å². The van der Waals surface area contributed by atoms with E-state index >= 15 is 0 Å². The first kappa shape index (κ1) is 21.8. The molecular weight excluding hydrogens is 403 g/mol. The van der Waals surface area contributed by atoms with Gasteiger partial charge >= 0.3 is 0 Å². The molecule has 3 rings (SSSR count). The Bertz CT molecular complexity index is 983. The van der Waals surface area contributed by atoms with Gasteiger partial charge in [0.05, 0.1) is 6.54 Å². The van der Waals surface area contributed by atoms with Crippen LogP contribution in [0.3, 0.4) is 0 Å². The first-order valence-corrected chi connectivity index (χ1v) is 10.2. The van der Waals surface area contributed by atoms with E-state index in [4.69, 9.17) is 11.6 Å². The molecule has 0 radical (unpaired) electrons. The lowest BCUT2D eigenvalue weighted by atomic mass is 9.84. The van der Waals surface area contributed by atoms with Crippen molar-refractivity contribution in [3.63, 3.8) is 0 Å². The molecule has 2 N–H and O–H groups in total. The predicted octanol–water partition coefficient (Wildman–Crippen LogP) is 4.09. The van der Waals surface area contributed by atoms with E-state index in [0.29, 0.717) is 24.1 Å². The Balaban J connectivity index is 1.65. The van der Waals surface area contributed by atoms with Gasteiger partial charge in [0.25, 0.3) is 0 Å². The van der Waals surface area contributed by atoms with E-state index in [9.17, 15) is 4.39 Å². The average molecular weight is 429 g/mol. The minimum Gasteiger partial charge on any atom is -0.357 e. The molecule has 0 unspecified atom stereocenters. The number of aromatic nitrogens is 3. The van der Waals surface area contributed by atoms with Crippen LogP contribution in [0.2, 0.25) is 5.02 Å². The number of hydrogen-bond acceptors (Lipinski definition) is 3. The number of nitrogens with one attached hydrogen (secondary N) is 2. The van der Waals surface area contributed by atoms with Crippen LogP contribution in [-0.2, 0) is 12.0 Å². The zero-order chi connectivity index (χ0) is 21.6. The molecule has 0 aliphatic rings. The Morgan fingerprint density at radius 1 is 1.23 bits per heavy atom.